The van der Waals surface area contributed by atoms with Crippen molar-refractivity contribution < 1.29 is 9.53 Å². The van der Waals surface area contributed by atoms with E-state index >= 15 is 0 Å². The van der Waals surface area contributed by atoms with Crippen LogP contribution in [0, 0.1) is 5.92 Å². The lowest BCUT2D eigenvalue weighted by molar-refractivity contribution is -0.120. The molecule has 0 bridgehead atoms. The van der Waals surface area contributed by atoms with Gasteiger partial charge in [-0.15, -0.1) is 11.6 Å². The number of rotatable bonds is 8. The molecule has 4 heteroatoms. The van der Waals surface area contributed by atoms with E-state index in [1.807, 2.05) is 24.3 Å². The van der Waals surface area contributed by atoms with Crippen molar-refractivity contribution in [3.05, 3.63) is 29.8 Å². The maximum Gasteiger partial charge on any atom is 0.224 e. The molecule has 3 nitrogen and oxygen atoms in total. The highest BCUT2D eigenvalue weighted by molar-refractivity contribution is 6.21. The van der Waals surface area contributed by atoms with Crippen LogP contribution in [0.25, 0.3) is 0 Å². The van der Waals surface area contributed by atoms with Crippen LogP contribution in [0.3, 0.4) is 0 Å². The van der Waals surface area contributed by atoms with Gasteiger partial charge in [0, 0.05) is 6.54 Å². The van der Waals surface area contributed by atoms with Crippen molar-refractivity contribution in [2.75, 3.05) is 13.7 Å². The molecule has 0 aliphatic carbocycles. The van der Waals surface area contributed by atoms with E-state index in [1.54, 1.807) is 7.11 Å². The summed E-state index contributed by atoms with van der Waals surface area (Å²) in [4.78, 5) is 11.9. The topological polar surface area (TPSA) is 38.3 Å². The number of amides is 1. The third-order valence-corrected chi connectivity index (χ3v) is 4.09. The molecule has 20 heavy (non-hydrogen) atoms. The van der Waals surface area contributed by atoms with Crippen molar-refractivity contribution in [1.82, 2.24) is 5.32 Å². The summed E-state index contributed by atoms with van der Waals surface area (Å²) >= 11 is 6.30. The van der Waals surface area contributed by atoms with Gasteiger partial charge in [0.25, 0.3) is 0 Å². The summed E-state index contributed by atoms with van der Waals surface area (Å²) in [7, 11) is 1.63. The summed E-state index contributed by atoms with van der Waals surface area (Å²) < 4.78 is 5.09. The van der Waals surface area contributed by atoms with Gasteiger partial charge in [-0.25, -0.2) is 0 Å². The lowest BCUT2D eigenvalue weighted by Crippen LogP contribution is -2.34. The van der Waals surface area contributed by atoms with Crippen LogP contribution < -0.4 is 10.1 Å². The maximum atomic E-state index is 11.9. The second-order valence-electron chi connectivity index (χ2n) is 4.92. The number of carbonyl (C=O) groups is 1. The quantitative estimate of drug-likeness (QED) is 0.747. The van der Waals surface area contributed by atoms with Gasteiger partial charge in [0.05, 0.1) is 18.9 Å². The highest BCUT2D eigenvalue weighted by Gasteiger charge is 2.16. The van der Waals surface area contributed by atoms with Crippen molar-refractivity contribution in [1.29, 1.82) is 0 Å². The Bertz CT molecular complexity index is 401. The van der Waals surface area contributed by atoms with E-state index in [2.05, 4.69) is 19.2 Å². The lowest BCUT2D eigenvalue weighted by atomic mass is 9.99. The Labute approximate surface area is 126 Å². The smallest absolute Gasteiger partial charge is 0.224 e. The van der Waals surface area contributed by atoms with E-state index in [0.29, 0.717) is 18.9 Å². The monoisotopic (exact) mass is 297 g/mol. The Morgan fingerprint density at radius 2 is 1.85 bits per heavy atom. The molecule has 1 rings (SSSR count). The van der Waals surface area contributed by atoms with E-state index < -0.39 is 0 Å². The van der Waals surface area contributed by atoms with Crippen molar-refractivity contribution >= 4 is 17.5 Å². The summed E-state index contributed by atoms with van der Waals surface area (Å²) in [5.41, 5.74) is 0.969. The molecule has 0 aliphatic heterocycles. The number of halogens is 1. The fourth-order valence-corrected chi connectivity index (χ4v) is 2.60. The van der Waals surface area contributed by atoms with Crippen molar-refractivity contribution in [3.63, 3.8) is 0 Å². The average molecular weight is 298 g/mol. The van der Waals surface area contributed by atoms with E-state index in [0.717, 1.165) is 24.2 Å². The Balaban J connectivity index is 2.39. The van der Waals surface area contributed by atoms with E-state index in [4.69, 9.17) is 16.3 Å². The number of hydrogen-bond acceptors (Lipinski definition) is 2. The lowest BCUT2D eigenvalue weighted by Gasteiger charge is -2.19. The first-order valence-electron chi connectivity index (χ1n) is 7.14. The summed E-state index contributed by atoms with van der Waals surface area (Å²) in [5, 5.41) is 2.91. The standard InChI is InChI=1S/C16H24ClNO2/c1-4-13(5-2)15(17)11-18-16(19)10-12-6-8-14(20-3)9-7-12/h6-9,13,15H,4-5,10-11H2,1-3H3,(H,18,19). The molecular weight excluding hydrogens is 274 g/mol. The van der Waals surface area contributed by atoms with Crippen LogP contribution in [0.1, 0.15) is 32.3 Å². The number of benzene rings is 1. The predicted molar refractivity (Wildman–Crippen MR) is 83.4 cm³/mol. The van der Waals surface area contributed by atoms with Gasteiger partial charge >= 0.3 is 0 Å². The van der Waals surface area contributed by atoms with Gasteiger partial charge in [-0.3, -0.25) is 4.79 Å². The first kappa shape index (κ1) is 16.8. The minimum atomic E-state index is 0.00446. The van der Waals surface area contributed by atoms with Crippen LogP contribution in [0.15, 0.2) is 24.3 Å². The minimum absolute atomic E-state index is 0.00446. The Kier molecular flexibility index (Phi) is 7.45. The SMILES string of the molecule is CCC(CC)C(Cl)CNC(=O)Cc1ccc(OC)cc1. The summed E-state index contributed by atoms with van der Waals surface area (Å²) in [5.74, 6) is 1.26. The Hall–Kier alpha value is -1.22. The molecular formula is C16H24ClNO2. The zero-order valence-electron chi connectivity index (χ0n) is 12.5. The highest BCUT2D eigenvalue weighted by atomic mass is 35.5. The molecule has 0 aliphatic rings. The third-order valence-electron chi connectivity index (χ3n) is 3.58. The molecule has 1 aromatic carbocycles. The fourth-order valence-electron chi connectivity index (χ4n) is 2.17. The minimum Gasteiger partial charge on any atom is -0.497 e. The molecule has 0 saturated carbocycles. The van der Waals surface area contributed by atoms with Gasteiger partial charge in [0.15, 0.2) is 0 Å². The molecule has 112 valence electrons. The number of ether oxygens (including phenoxy) is 1. The Morgan fingerprint density at radius 1 is 1.25 bits per heavy atom. The molecule has 1 unspecified atom stereocenters. The van der Waals surface area contributed by atoms with Gasteiger partial charge < -0.3 is 10.1 Å². The normalized spacial score (nSPS) is 12.2. The van der Waals surface area contributed by atoms with Crippen LogP contribution in [-0.2, 0) is 11.2 Å². The average Bonchev–Trinajstić information content (AvgIpc) is 2.47. The van der Waals surface area contributed by atoms with E-state index in [9.17, 15) is 4.79 Å². The molecule has 0 spiro atoms. The van der Waals surface area contributed by atoms with E-state index in [1.165, 1.54) is 0 Å². The first-order valence-corrected chi connectivity index (χ1v) is 7.58. The maximum absolute atomic E-state index is 11.9. The van der Waals surface area contributed by atoms with Crippen LogP contribution in [0.5, 0.6) is 5.75 Å². The van der Waals surface area contributed by atoms with Crippen LogP contribution in [0.4, 0.5) is 0 Å². The van der Waals surface area contributed by atoms with Crippen molar-refractivity contribution in [2.24, 2.45) is 5.92 Å². The predicted octanol–water partition coefficient (Wildman–Crippen LogP) is 3.40. The molecule has 0 radical (unpaired) electrons. The van der Waals surface area contributed by atoms with Gasteiger partial charge in [-0.1, -0.05) is 38.8 Å². The highest BCUT2D eigenvalue weighted by Crippen LogP contribution is 2.17. The summed E-state index contributed by atoms with van der Waals surface area (Å²) in [6.45, 7) is 4.79. The van der Waals surface area contributed by atoms with Crippen LogP contribution >= 0.6 is 11.6 Å². The van der Waals surface area contributed by atoms with Gasteiger partial charge in [-0.2, -0.15) is 0 Å². The molecule has 0 saturated heterocycles. The van der Waals surface area contributed by atoms with Crippen molar-refractivity contribution in [3.8, 4) is 5.75 Å². The number of hydrogen-bond donors (Lipinski definition) is 1. The number of nitrogens with one attached hydrogen (secondary N) is 1. The van der Waals surface area contributed by atoms with Gasteiger partial charge in [0.2, 0.25) is 5.91 Å². The van der Waals surface area contributed by atoms with Gasteiger partial charge in [-0.05, 0) is 23.6 Å². The van der Waals surface area contributed by atoms with Crippen molar-refractivity contribution in [2.45, 2.75) is 38.5 Å². The number of carbonyl (C=O) groups excluding carboxylic acids is 1. The fraction of sp³-hybridized carbons (Fsp3) is 0.562. The van der Waals surface area contributed by atoms with E-state index in [-0.39, 0.29) is 11.3 Å². The zero-order valence-corrected chi connectivity index (χ0v) is 13.2. The molecule has 1 atom stereocenters. The molecule has 0 heterocycles. The van der Waals surface area contributed by atoms with Gasteiger partial charge in [0.1, 0.15) is 5.75 Å². The second-order valence-corrected chi connectivity index (χ2v) is 5.48. The number of alkyl halides is 1. The molecule has 0 aromatic heterocycles. The first-order chi connectivity index (χ1) is 9.60. The summed E-state index contributed by atoms with van der Waals surface area (Å²) in [6.07, 6.45) is 2.45. The molecule has 1 amide bonds. The largest absolute Gasteiger partial charge is 0.497 e. The number of methoxy groups -OCH3 is 1. The van der Waals surface area contributed by atoms with Crippen LogP contribution in [0.2, 0.25) is 0 Å². The van der Waals surface area contributed by atoms with Crippen LogP contribution in [-0.4, -0.2) is 24.9 Å². The third kappa shape index (κ3) is 5.41. The molecule has 0 fully saturated rings. The zero-order chi connectivity index (χ0) is 15.0. The second kappa shape index (κ2) is 8.85. The molecule has 1 N–H and O–H groups in total. The summed E-state index contributed by atoms with van der Waals surface area (Å²) in [6, 6.07) is 7.52. The molecule has 1 aromatic rings. The Morgan fingerprint density at radius 3 is 2.35 bits per heavy atom.